The number of allylic oxidation sites excluding steroid dienone is 6. The molecule has 0 aromatic heterocycles. The molecule has 0 bridgehead atoms. The van der Waals surface area contributed by atoms with Gasteiger partial charge in [-0.1, -0.05) is 116 Å². The van der Waals surface area contributed by atoms with Crippen LogP contribution in [-0.4, -0.2) is 71.4 Å². The summed E-state index contributed by atoms with van der Waals surface area (Å²) in [6.07, 6.45) is 6.71. The van der Waals surface area contributed by atoms with Crippen LogP contribution in [0.2, 0.25) is 0 Å². The summed E-state index contributed by atoms with van der Waals surface area (Å²) in [5.74, 6) is -3.18. The highest BCUT2D eigenvalue weighted by molar-refractivity contribution is 6.42. The number of rotatable bonds is 16. The Morgan fingerprint density at radius 2 is 1.19 bits per heavy atom. The fourth-order valence-electron chi connectivity index (χ4n) is 10.8. The fourth-order valence-corrected chi connectivity index (χ4v) is 10.8. The average molecular weight is 979 g/mol. The first-order chi connectivity index (χ1) is 34.1. The summed E-state index contributed by atoms with van der Waals surface area (Å²) in [4.78, 5) is 80.3. The standard InChI is InChI=1S/C60H74N4O8/c1-37(35-59(5,6)7)29-49(65)71-55(41-21-13-11-14-22-41)57(69)61-45-33-47(63-25-17-18-26-63)39(3)31-43(45)51-53(67)52(54(51)68)44-32-40(4)48(64-27-19-20-28-64)34-46(44)62-58(70)56(42-23-15-12-16-24-42)72-50(66)30-38(2)36-60(8,9)10/h11-16,21-24,31-34,37-38,55-56,67H,17-20,25-30,35-36H2,1-10H3,(H,61,69)/b52-44-,62-46?. The Morgan fingerprint density at radius 3 is 1.71 bits per heavy atom. The van der Waals surface area contributed by atoms with E-state index in [1.807, 2.05) is 45.9 Å². The van der Waals surface area contributed by atoms with Crippen molar-refractivity contribution in [1.29, 1.82) is 0 Å². The molecule has 0 saturated carbocycles. The number of nitrogens with zero attached hydrogens (tertiary/aromatic N) is 3. The van der Waals surface area contributed by atoms with Gasteiger partial charge in [-0.2, -0.15) is 0 Å². The van der Waals surface area contributed by atoms with Gasteiger partial charge in [-0.25, -0.2) is 4.99 Å². The molecule has 4 atom stereocenters. The number of aryl methyl sites for hydroxylation is 1. The number of aliphatic hydroxyl groups excluding tert-OH is 1. The number of anilines is 2. The Morgan fingerprint density at radius 1 is 0.694 bits per heavy atom. The van der Waals surface area contributed by atoms with Crippen molar-refractivity contribution in [3.63, 3.8) is 0 Å². The third kappa shape index (κ3) is 13.1. The van der Waals surface area contributed by atoms with Crippen LogP contribution in [0.15, 0.2) is 118 Å². The number of hydrogen-bond acceptors (Lipinski definition) is 10. The molecule has 4 aliphatic rings. The summed E-state index contributed by atoms with van der Waals surface area (Å²) in [6.45, 7) is 23.8. The summed E-state index contributed by atoms with van der Waals surface area (Å²) >= 11 is 0. The first-order valence-corrected chi connectivity index (χ1v) is 25.8. The van der Waals surface area contributed by atoms with Gasteiger partial charge in [-0.15, -0.1) is 0 Å². The van der Waals surface area contributed by atoms with E-state index >= 15 is 0 Å². The predicted octanol–water partition coefficient (Wildman–Crippen LogP) is 12.1. The molecule has 4 unspecified atom stereocenters. The van der Waals surface area contributed by atoms with E-state index in [4.69, 9.17) is 9.47 Å². The number of Topliss-reactive ketones (excluding diaryl/α,β-unsaturated/α-hetero) is 1. The molecule has 3 aromatic carbocycles. The van der Waals surface area contributed by atoms with Crippen LogP contribution in [0.5, 0.6) is 0 Å². The third-order valence-electron chi connectivity index (χ3n) is 13.6. The van der Waals surface area contributed by atoms with E-state index < -0.39 is 41.7 Å². The number of hydrogen-bond donors (Lipinski definition) is 2. The number of carbonyl (C=O) groups is 5. The first kappa shape index (κ1) is 53.2. The molecule has 2 heterocycles. The van der Waals surface area contributed by atoms with Gasteiger partial charge in [0.25, 0.3) is 11.8 Å². The normalized spacial score (nSPS) is 19.6. The Kier molecular flexibility index (Phi) is 16.6. The summed E-state index contributed by atoms with van der Waals surface area (Å²) in [5.41, 5.74) is 5.23. The van der Waals surface area contributed by atoms with Crippen molar-refractivity contribution in [1.82, 2.24) is 4.90 Å². The van der Waals surface area contributed by atoms with E-state index in [9.17, 15) is 29.1 Å². The van der Waals surface area contributed by atoms with E-state index in [1.54, 1.807) is 66.7 Å². The van der Waals surface area contributed by atoms with Crippen molar-refractivity contribution in [3.8, 4) is 0 Å². The Hall–Kier alpha value is -6.56. The highest BCUT2D eigenvalue weighted by Gasteiger charge is 2.41. The minimum atomic E-state index is -1.36. The lowest BCUT2D eigenvalue weighted by atomic mass is 9.77. The number of ketones is 1. The summed E-state index contributed by atoms with van der Waals surface area (Å²) in [6, 6.07) is 21.3. The maximum atomic E-state index is 14.9. The van der Waals surface area contributed by atoms with Gasteiger partial charge in [0, 0.05) is 72.7 Å². The quantitative estimate of drug-likeness (QED) is 0.105. The minimum absolute atomic E-state index is 0.00260. The van der Waals surface area contributed by atoms with E-state index in [2.05, 4.69) is 61.7 Å². The van der Waals surface area contributed by atoms with Gasteiger partial charge in [0.2, 0.25) is 18.0 Å². The second-order valence-corrected chi connectivity index (χ2v) is 22.8. The second kappa shape index (κ2) is 22.5. The molecule has 2 fully saturated rings. The number of aliphatic imine (C=N–C) groups is 1. The van der Waals surface area contributed by atoms with E-state index in [0.717, 1.165) is 87.2 Å². The van der Waals surface area contributed by atoms with Crippen LogP contribution in [0.25, 0.3) is 5.57 Å². The van der Waals surface area contributed by atoms with Gasteiger partial charge in [0.05, 0.1) is 22.5 Å². The number of amides is 2. The monoisotopic (exact) mass is 979 g/mol. The molecule has 7 rings (SSSR count). The van der Waals surface area contributed by atoms with Gasteiger partial charge in [0.1, 0.15) is 5.76 Å². The van der Waals surface area contributed by atoms with E-state index in [-0.39, 0.29) is 69.4 Å². The van der Waals surface area contributed by atoms with Crippen molar-refractivity contribution >= 4 is 52.2 Å². The van der Waals surface area contributed by atoms with Gasteiger partial charge in [0.15, 0.2) is 0 Å². The molecule has 12 nitrogen and oxygen atoms in total. The highest BCUT2D eigenvalue weighted by Crippen LogP contribution is 2.45. The predicted molar refractivity (Wildman–Crippen MR) is 284 cm³/mol. The number of carbonyl (C=O) groups excluding carboxylic acids is 5. The van der Waals surface area contributed by atoms with Gasteiger partial charge >= 0.3 is 11.9 Å². The van der Waals surface area contributed by atoms with Crippen LogP contribution >= 0.6 is 0 Å². The van der Waals surface area contributed by atoms with Crippen LogP contribution in [-0.2, 0) is 33.4 Å². The molecule has 72 heavy (non-hydrogen) atoms. The maximum absolute atomic E-state index is 14.9. The zero-order valence-corrected chi connectivity index (χ0v) is 44.0. The first-order valence-electron chi connectivity index (χ1n) is 25.8. The number of likely N-dealkylation sites (tertiary alicyclic amines) is 1. The van der Waals surface area contributed by atoms with Gasteiger partial charge in [-0.3, -0.25) is 24.0 Å². The maximum Gasteiger partial charge on any atom is 0.307 e. The molecule has 3 aromatic rings. The molecule has 2 aliphatic heterocycles. The van der Waals surface area contributed by atoms with Crippen LogP contribution in [0.4, 0.5) is 11.4 Å². The largest absolute Gasteiger partial charge is 0.506 e. The topological polar surface area (TPSA) is 155 Å². The highest BCUT2D eigenvalue weighted by atomic mass is 16.6. The second-order valence-electron chi connectivity index (χ2n) is 22.8. The molecule has 12 heteroatoms. The minimum Gasteiger partial charge on any atom is -0.506 e. The molecule has 2 aliphatic carbocycles. The summed E-state index contributed by atoms with van der Waals surface area (Å²) < 4.78 is 12.0. The summed E-state index contributed by atoms with van der Waals surface area (Å²) in [7, 11) is 0. The SMILES string of the molecule is CC1=C/C(=C2/C(=O)C(c3cc(C)c(N4CCCC4)cc3NC(=O)C(OC(=O)CC(C)CC(C)(C)C)c3ccccc3)=C2O)C(=NC(=O)C(OC(=O)CC(C)CC(C)(C)C)c2ccccc2)C=C1N1CCCC1. The molecule has 2 saturated heterocycles. The lowest BCUT2D eigenvalue weighted by Gasteiger charge is -2.30. The van der Waals surface area contributed by atoms with Crippen molar-refractivity contribution in [2.45, 2.75) is 133 Å². The van der Waals surface area contributed by atoms with Crippen LogP contribution in [0.1, 0.15) is 148 Å². The Bertz CT molecular complexity index is 2710. The molecule has 382 valence electrons. The third-order valence-corrected chi connectivity index (χ3v) is 13.6. The van der Waals surface area contributed by atoms with Gasteiger partial charge < -0.3 is 29.7 Å². The van der Waals surface area contributed by atoms with Crippen LogP contribution in [0.3, 0.4) is 0 Å². The zero-order valence-electron chi connectivity index (χ0n) is 44.0. The Balaban J connectivity index is 1.29. The fraction of sp³-hybridized carbons (Fsp3) is 0.467. The van der Waals surface area contributed by atoms with Crippen molar-refractivity contribution in [2.75, 3.05) is 36.4 Å². The number of benzene rings is 3. The molecular formula is C60H74N4O8. The lowest BCUT2D eigenvalue weighted by molar-refractivity contribution is -0.156. The summed E-state index contributed by atoms with van der Waals surface area (Å²) in [5, 5.41) is 15.3. The average Bonchev–Trinajstić information content (AvgIpc) is 4.05. The Labute approximate surface area is 426 Å². The molecule has 2 N–H and O–H groups in total. The lowest BCUT2D eigenvalue weighted by Crippen LogP contribution is -2.30. The number of aliphatic hydroxyl groups is 1. The number of ether oxygens (including phenoxy) is 2. The van der Waals surface area contributed by atoms with E-state index in [1.165, 1.54) is 0 Å². The molecule has 2 amide bonds. The van der Waals surface area contributed by atoms with Crippen molar-refractivity contribution in [2.24, 2.45) is 27.7 Å². The molecule has 0 radical (unpaired) electrons. The van der Waals surface area contributed by atoms with Crippen LogP contribution in [0, 0.1) is 29.6 Å². The number of nitrogens with one attached hydrogen (secondary N) is 1. The smallest absolute Gasteiger partial charge is 0.307 e. The molecule has 0 spiro atoms. The molecular weight excluding hydrogens is 905 g/mol. The van der Waals surface area contributed by atoms with Crippen molar-refractivity contribution in [3.05, 3.63) is 135 Å². The zero-order chi connectivity index (χ0) is 52.1. The van der Waals surface area contributed by atoms with E-state index in [0.29, 0.717) is 16.7 Å². The number of esters is 2. The van der Waals surface area contributed by atoms with Crippen molar-refractivity contribution < 1.29 is 38.6 Å². The van der Waals surface area contributed by atoms with Gasteiger partial charge in [-0.05, 0) is 110 Å². The van der Waals surface area contributed by atoms with Crippen LogP contribution < -0.4 is 10.2 Å².